The van der Waals surface area contributed by atoms with E-state index in [1.807, 2.05) is 26.8 Å². The van der Waals surface area contributed by atoms with Crippen molar-refractivity contribution in [1.29, 1.82) is 0 Å². The molecule has 6 aliphatic carbocycles. The molecule has 8 rings (SSSR count). The number of carbonyl (C=O) groups is 4. The number of hydrogen-bond acceptors (Lipinski definition) is 4. The van der Waals surface area contributed by atoms with Crippen LogP contribution < -0.4 is 0 Å². The van der Waals surface area contributed by atoms with Crippen LogP contribution in [0.1, 0.15) is 45.2 Å². The number of carbonyl (C=O) groups excluding carboxylic acids is 4. The van der Waals surface area contributed by atoms with E-state index in [2.05, 4.69) is 37.3 Å². The lowest BCUT2D eigenvalue weighted by Crippen LogP contribution is -2.49. The van der Waals surface area contributed by atoms with Crippen LogP contribution in [0.15, 0.2) is 71.8 Å². The summed E-state index contributed by atoms with van der Waals surface area (Å²) >= 11 is 0. The van der Waals surface area contributed by atoms with E-state index in [0.717, 1.165) is 33.4 Å². The van der Waals surface area contributed by atoms with Gasteiger partial charge in [0, 0.05) is 23.0 Å². The third-order valence-corrected chi connectivity index (χ3v) is 9.76. The quantitative estimate of drug-likeness (QED) is 0.590. The molecule has 36 heavy (non-hydrogen) atoms. The summed E-state index contributed by atoms with van der Waals surface area (Å²) in [4.78, 5) is 55.0. The second-order valence-corrected chi connectivity index (χ2v) is 11.3. The third-order valence-electron chi connectivity index (χ3n) is 9.76. The first-order valence-corrected chi connectivity index (χ1v) is 12.6. The second kappa shape index (κ2) is 6.56. The average molecular weight is 475 g/mol. The normalized spacial score (nSPS) is 35.3. The summed E-state index contributed by atoms with van der Waals surface area (Å²) < 4.78 is 0. The van der Waals surface area contributed by atoms with Gasteiger partial charge in [0.15, 0.2) is 23.1 Å². The minimum absolute atomic E-state index is 0.0860. The Morgan fingerprint density at radius 3 is 1.92 bits per heavy atom. The van der Waals surface area contributed by atoms with E-state index in [9.17, 15) is 19.2 Å². The minimum Gasteiger partial charge on any atom is -0.294 e. The minimum atomic E-state index is -1.28. The highest BCUT2D eigenvalue weighted by Crippen LogP contribution is 2.93. The van der Waals surface area contributed by atoms with Crippen LogP contribution in [-0.2, 0) is 19.2 Å². The summed E-state index contributed by atoms with van der Waals surface area (Å²) in [6.07, 6.45) is 5.43. The van der Waals surface area contributed by atoms with Crippen molar-refractivity contribution in [1.82, 2.24) is 0 Å². The third kappa shape index (κ3) is 2.11. The van der Waals surface area contributed by atoms with Gasteiger partial charge in [0.25, 0.3) is 0 Å². The zero-order valence-electron chi connectivity index (χ0n) is 20.7. The fourth-order valence-electron chi connectivity index (χ4n) is 8.67. The molecule has 0 heterocycles. The topological polar surface area (TPSA) is 68.3 Å². The SMILES string of the molecule is Cc1ccc(C)c([C@@H]2[C@@H]3C4=C(C(=O)C=CC4=O)[C@@]45C(=O)C=CC(=O)[C@]4([C@H]3c3cc(C)ccc3C)[C@@H]25)c1. The van der Waals surface area contributed by atoms with Gasteiger partial charge in [0.1, 0.15) is 0 Å². The predicted octanol–water partition coefficient (Wildman–Crippen LogP) is 4.75. The Labute approximate surface area is 209 Å². The fourth-order valence-corrected chi connectivity index (χ4v) is 8.67. The predicted molar refractivity (Wildman–Crippen MR) is 134 cm³/mol. The fraction of sp³-hybridized carbons (Fsp3) is 0.312. The number of benzene rings is 2. The molecule has 4 heteroatoms. The van der Waals surface area contributed by atoms with E-state index in [1.54, 1.807) is 0 Å². The van der Waals surface area contributed by atoms with Crippen molar-refractivity contribution in [2.75, 3.05) is 0 Å². The van der Waals surface area contributed by atoms with Crippen LogP contribution in [0.5, 0.6) is 0 Å². The Balaban J connectivity index is 1.64. The molecule has 0 radical (unpaired) electrons. The lowest BCUT2D eigenvalue weighted by atomic mass is 9.53. The number of allylic oxidation sites excluding steroid dienone is 6. The molecule has 0 unspecified atom stereocenters. The summed E-state index contributed by atoms with van der Waals surface area (Å²) in [6, 6.07) is 12.5. The number of aryl methyl sites for hydroxylation is 4. The molecule has 2 spiro atoms. The van der Waals surface area contributed by atoms with E-state index in [-0.39, 0.29) is 46.8 Å². The highest BCUT2D eigenvalue weighted by molar-refractivity contribution is 6.30. The Kier molecular flexibility index (Phi) is 3.93. The maximum atomic E-state index is 14.1. The van der Waals surface area contributed by atoms with Crippen molar-refractivity contribution in [3.05, 3.63) is 105 Å². The van der Waals surface area contributed by atoms with Gasteiger partial charge in [0.05, 0.1) is 10.8 Å². The van der Waals surface area contributed by atoms with Gasteiger partial charge in [-0.3, -0.25) is 19.2 Å². The molecule has 0 amide bonds. The maximum Gasteiger partial charge on any atom is 0.183 e. The van der Waals surface area contributed by atoms with Gasteiger partial charge in [-0.2, -0.15) is 0 Å². The molecular weight excluding hydrogens is 448 g/mol. The smallest absolute Gasteiger partial charge is 0.183 e. The standard InChI is InChI=1S/C32H26O4/c1-15-5-7-17(3)19(13-15)25-27-26-21(33)9-10-22(34)29(26)32-24(36)12-11-23(35)31(32,30(25)32)28(27)20-14-16(2)6-8-18(20)4/h5-14,25,27-28,30H,1-4H3/t25-,27-,28+,30-,31+,32-/m1/s1. The molecule has 178 valence electrons. The van der Waals surface area contributed by atoms with Crippen LogP contribution in [0.3, 0.4) is 0 Å². The van der Waals surface area contributed by atoms with E-state index >= 15 is 0 Å². The summed E-state index contributed by atoms with van der Waals surface area (Å²) in [6.45, 7) is 8.14. The van der Waals surface area contributed by atoms with Crippen molar-refractivity contribution in [3.8, 4) is 0 Å². The lowest BCUT2D eigenvalue weighted by molar-refractivity contribution is -0.131. The van der Waals surface area contributed by atoms with Gasteiger partial charge in [-0.1, -0.05) is 47.5 Å². The van der Waals surface area contributed by atoms with Crippen LogP contribution in [0.2, 0.25) is 0 Å². The van der Waals surface area contributed by atoms with Crippen molar-refractivity contribution in [2.45, 2.75) is 39.5 Å². The van der Waals surface area contributed by atoms with Crippen molar-refractivity contribution >= 4 is 23.1 Å². The van der Waals surface area contributed by atoms with E-state index in [1.165, 1.54) is 24.3 Å². The number of hydrogen-bond donors (Lipinski definition) is 0. The molecule has 2 aromatic carbocycles. The first kappa shape index (κ1) is 21.6. The van der Waals surface area contributed by atoms with Crippen LogP contribution in [0.25, 0.3) is 0 Å². The molecule has 2 saturated carbocycles. The maximum absolute atomic E-state index is 14.1. The number of ketones is 4. The largest absolute Gasteiger partial charge is 0.294 e. The molecule has 6 atom stereocenters. The van der Waals surface area contributed by atoms with Crippen molar-refractivity contribution in [3.63, 3.8) is 0 Å². The van der Waals surface area contributed by atoms with Gasteiger partial charge in [-0.15, -0.1) is 0 Å². The van der Waals surface area contributed by atoms with Gasteiger partial charge < -0.3 is 0 Å². The zero-order chi connectivity index (χ0) is 25.3. The molecule has 4 nitrogen and oxygen atoms in total. The molecule has 2 aromatic rings. The molecule has 0 saturated heterocycles. The highest BCUT2D eigenvalue weighted by Gasteiger charge is 2.95. The summed E-state index contributed by atoms with van der Waals surface area (Å²) in [5, 5.41) is 0. The van der Waals surface area contributed by atoms with Gasteiger partial charge in [0.2, 0.25) is 0 Å². The monoisotopic (exact) mass is 474 g/mol. The average Bonchev–Trinajstić information content (AvgIpc) is 3.41. The summed E-state index contributed by atoms with van der Waals surface area (Å²) in [7, 11) is 0. The summed E-state index contributed by atoms with van der Waals surface area (Å²) in [5.74, 6) is -2.05. The molecular formula is C32H26O4. The van der Waals surface area contributed by atoms with E-state index in [4.69, 9.17) is 0 Å². The zero-order valence-corrected chi connectivity index (χ0v) is 20.7. The molecule has 0 N–H and O–H groups in total. The lowest BCUT2D eigenvalue weighted by Gasteiger charge is -2.47. The molecule has 6 aliphatic rings. The molecule has 0 aliphatic heterocycles. The molecule has 2 fully saturated rings. The van der Waals surface area contributed by atoms with Crippen LogP contribution in [0, 0.1) is 50.4 Å². The Morgan fingerprint density at radius 2 is 1.22 bits per heavy atom. The van der Waals surface area contributed by atoms with Crippen LogP contribution in [0.4, 0.5) is 0 Å². The van der Waals surface area contributed by atoms with E-state index in [0.29, 0.717) is 11.1 Å². The Hall–Kier alpha value is -3.66. The van der Waals surface area contributed by atoms with Crippen LogP contribution >= 0.6 is 0 Å². The second-order valence-electron chi connectivity index (χ2n) is 11.3. The molecule has 0 aromatic heterocycles. The van der Waals surface area contributed by atoms with E-state index < -0.39 is 10.8 Å². The Bertz CT molecular complexity index is 1580. The van der Waals surface area contributed by atoms with Gasteiger partial charge >= 0.3 is 0 Å². The molecule has 4 bridgehead atoms. The van der Waals surface area contributed by atoms with Crippen molar-refractivity contribution < 1.29 is 19.2 Å². The van der Waals surface area contributed by atoms with Crippen molar-refractivity contribution in [2.24, 2.45) is 22.7 Å². The summed E-state index contributed by atoms with van der Waals surface area (Å²) in [5.41, 5.74) is 4.80. The first-order valence-electron chi connectivity index (χ1n) is 12.6. The Morgan fingerprint density at radius 1 is 0.639 bits per heavy atom. The number of rotatable bonds is 2. The first-order chi connectivity index (χ1) is 17.2. The van der Waals surface area contributed by atoms with Gasteiger partial charge in [-0.25, -0.2) is 0 Å². The highest BCUT2D eigenvalue weighted by atomic mass is 16.2. The van der Waals surface area contributed by atoms with Crippen LogP contribution in [-0.4, -0.2) is 23.1 Å². The van der Waals surface area contributed by atoms with Gasteiger partial charge in [-0.05, 0) is 86.1 Å².